The number of hydrogen-bond acceptors (Lipinski definition) is 3. The maximum absolute atomic E-state index is 11.2. The van der Waals surface area contributed by atoms with Gasteiger partial charge >= 0.3 is 0 Å². The van der Waals surface area contributed by atoms with Gasteiger partial charge in [0.05, 0.1) is 6.10 Å². The highest BCUT2D eigenvalue weighted by atomic mass is 16.5. The number of benzene rings is 1. The Morgan fingerprint density at radius 3 is 3.06 bits per heavy atom. The maximum Gasteiger partial charge on any atom is 0.159 e. The van der Waals surface area contributed by atoms with Crippen LogP contribution in [0.2, 0.25) is 0 Å². The predicted molar refractivity (Wildman–Crippen MR) is 65.5 cm³/mol. The van der Waals surface area contributed by atoms with Crippen molar-refractivity contribution in [2.24, 2.45) is 0 Å². The van der Waals surface area contributed by atoms with Crippen molar-refractivity contribution in [1.29, 1.82) is 0 Å². The summed E-state index contributed by atoms with van der Waals surface area (Å²) >= 11 is 0. The molecule has 0 radical (unpaired) electrons. The Morgan fingerprint density at radius 1 is 1.47 bits per heavy atom. The number of ketones is 1. The molecule has 17 heavy (non-hydrogen) atoms. The van der Waals surface area contributed by atoms with Gasteiger partial charge < -0.3 is 9.47 Å². The molecule has 1 aromatic carbocycles. The van der Waals surface area contributed by atoms with Gasteiger partial charge in [-0.05, 0) is 38.3 Å². The molecule has 0 N–H and O–H groups in total. The zero-order valence-electron chi connectivity index (χ0n) is 10.1. The Kier molecular flexibility index (Phi) is 4.15. The first-order chi connectivity index (χ1) is 8.25. The van der Waals surface area contributed by atoms with Crippen LogP contribution in [0.25, 0.3) is 0 Å². The third-order valence-electron chi connectivity index (χ3n) is 2.95. The summed E-state index contributed by atoms with van der Waals surface area (Å²) in [5.74, 6) is 0.802. The molecule has 0 amide bonds. The molecule has 0 unspecified atom stereocenters. The van der Waals surface area contributed by atoms with Crippen molar-refractivity contribution in [3.8, 4) is 5.75 Å². The van der Waals surface area contributed by atoms with Crippen molar-refractivity contribution >= 4 is 5.78 Å². The summed E-state index contributed by atoms with van der Waals surface area (Å²) in [6, 6.07) is 7.29. The van der Waals surface area contributed by atoms with E-state index in [1.165, 1.54) is 6.42 Å². The van der Waals surface area contributed by atoms with Crippen LogP contribution in [0.1, 0.15) is 36.5 Å². The van der Waals surface area contributed by atoms with Crippen LogP contribution in [0.3, 0.4) is 0 Å². The molecule has 0 spiro atoms. The van der Waals surface area contributed by atoms with Crippen molar-refractivity contribution in [2.45, 2.75) is 32.3 Å². The minimum Gasteiger partial charge on any atom is -0.491 e. The second-order valence-corrected chi connectivity index (χ2v) is 4.38. The van der Waals surface area contributed by atoms with Crippen molar-refractivity contribution in [2.75, 3.05) is 13.2 Å². The molecule has 1 atom stereocenters. The van der Waals surface area contributed by atoms with E-state index in [9.17, 15) is 4.79 Å². The minimum atomic E-state index is 0.0596. The van der Waals surface area contributed by atoms with E-state index in [1.807, 2.05) is 12.1 Å². The lowest BCUT2D eigenvalue weighted by Crippen LogP contribution is -2.25. The summed E-state index contributed by atoms with van der Waals surface area (Å²) in [6.07, 6.45) is 3.62. The Labute approximate surface area is 102 Å². The van der Waals surface area contributed by atoms with Gasteiger partial charge in [-0.1, -0.05) is 12.1 Å². The van der Waals surface area contributed by atoms with Gasteiger partial charge in [-0.15, -0.1) is 0 Å². The fraction of sp³-hybridized carbons (Fsp3) is 0.500. The van der Waals surface area contributed by atoms with Crippen molar-refractivity contribution in [3.63, 3.8) is 0 Å². The van der Waals surface area contributed by atoms with Crippen LogP contribution in [0.4, 0.5) is 0 Å². The summed E-state index contributed by atoms with van der Waals surface area (Å²) in [5, 5.41) is 0. The number of carbonyl (C=O) groups excluding carboxylic acids is 1. The summed E-state index contributed by atoms with van der Waals surface area (Å²) in [4.78, 5) is 11.2. The average molecular weight is 234 g/mol. The molecule has 1 fully saturated rings. The van der Waals surface area contributed by atoms with E-state index in [0.717, 1.165) is 25.2 Å². The van der Waals surface area contributed by atoms with E-state index < -0.39 is 0 Å². The first-order valence-corrected chi connectivity index (χ1v) is 6.11. The topological polar surface area (TPSA) is 35.5 Å². The minimum absolute atomic E-state index is 0.0596. The standard InChI is InChI=1S/C14H18O3/c1-11(15)12-5-4-7-13(9-12)17-10-14-6-2-3-8-16-14/h4-5,7,9,14H,2-3,6,8,10H2,1H3/t14-/m1/s1. The number of rotatable bonds is 4. The molecule has 3 nitrogen and oxygen atoms in total. The van der Waals surface area contributed by atoms with E-state index in [2.05, 4.69) is 0 Å². The third-order valence-corrected chi connectivity index (χ3v) is 2.95. The Morgan fingerprint density at radius 2 is 2.35 bits per heavy atom. The number of Topliss-reactive ketones (excluding diaryl/α,β-unsaturated/α-hetero) is 1. The molecule has 0 aliphatic carbocycles. The van der Waals surface area contributed by atoms with Crippen LogP contribution in [0, 0.1) is 0 Å². The van der Waals surface area contributed by atoms with E-state index in [4.69, 9.17) is 9.47 Å². The Bertz CT molecular complexity index is 381. The van der Waals surface area contributed by atoms with Gasteiger partial charge in [-0.25, -0.2) is 0 Å². The highest BCUT2D eigenvalue weighted by molar-refractivity contribution is 5.94. The second-order valence-electron chi connectivity index (χ2n) is 4.38. The number of ether oxygens (including phenoxy) is 2. The molecule has 1 heterocycles. The predicted octanol–water partition coefficient (Wildman–Crippen LogP) is 2.84. The Balaban J connectivity index is 1.89. The van der Waals surface area contributed by atoms with Gasteiger partial charge in [-0.2, -0.15) is 0 Å². The van der Waals surface area contributed by atoms with Crippen LogP contribution in [-0.4, -0.2) is 25.1 Å². The van der Waals surface area contributed by atoms with E-state index in [-0.39, 0.29) is 11.9 Å². The SMILES string of the molecule is CC(=O)c1cccc(OC[C@H]2CCCCO2)c1. The van der Waals surface area contributed by atoms with Crippen molar-refractivity contribution in [1.82, 2.24) is 0 Å². The fourth-order valence-electron chi connectivity index (χ4n) is 1.93. The number of hydrogen-bond donors (Lipinski definition) is 0. The summed E-state index contributed by atoms with van der Waals surface area (Å²) in [6.45, 7) is 2.96. The van der Waals surface area contributed by atoms with Crippen LogP contribution in [0.5, 0.6) is 5.75 Å². The second kappa shape index (κ2) is 5.82. The van der Waals surface area contributed by atoms with Crippen LogP contribution in [-0.2, 0) is 4.74 Å². The van der Waals surface area contributed by atoms with Crippen LogP contribution >= 0.6 is 0 Å². The van der Waals surface area contributed by atoms with E-state index in [1.54, 1.807) is 19.1 Å². The molecule has 0 saturated carbocycles. The molecule has 1 aliphatic rings. The van der Waals surface area contributed by atoms with Crippen LogP contribution < -0.4 is 4.74 Å². The molecule has 3 heteroatoms. The monoisotopic (exact) mass is 234 g/mol. The smallest absolute Gasteiger partial charge is 0.159 e. The molecule has 1 aromatic rings. The van der Waals surface area contributed by atoms with E-state index in [0.29, 0.717) is 12.2 Å². The van der Waals surface area contributed by atoms with Crippen molar-refractivity contribution < 1.29 is 14.3 Å². The van der Waals surface area contributed by atoms with Gasteiger partial charge in [0.1, 0.15) is 12.4 Å². The maximum atomic E-state index is 11.2. The zero-order chi connectivity index (χ0) is 12.1. The molecule has 2 rings (SSSR count). The van der Waals surface area contributed by atoms with Gasteiger partial charge in [0.25, 0.3) is 0 Å². The lowest BCUT2D eigenvalue weighted by Gasteiger charge is -2.22. The summed E-state index contributed by atoms with van der Waals surface area (Å²) in [7, 11) is 0. The molecular formula is C14H18O3. The molecule has 1 saturated heterocycles. The van der Waals surface area contributed by atoms with Gasteiger partial charge in [0.2, 0.25) is 0 Å². The zero-order valence-corrected chi connectivity index (χ0v) is 10.1. The summed E-state index contributed by atoms with van der Waals surface area (Å²) in [5.41, 5.74) is 0.687. The normalized spacial score (nSPS) is 19.9. The van der Waals surface area contributed by atoms with Gasteiger partial charge in [0, 0.05) is 12.2 Å². The first-order valence-electron chi connectivity index (χ1n) is 6.11. The fourth-order valence-corrected chi connectivity index (χ4v) is 1.93. The Hall–Kier alpha value is -1.35. The highest BCUT2D eigenvalue weighted by Gasteiger charge is 2.14. The lowest BCUT2D eigenvalue weighted by molar-refractivity contribution is -0.0110. The molecule has 1 aliphatic heterocycles. The molecule has 0 bridgehead atoms. The van der Waals surface area contributed by atoms with Crippen LogP contribution in [0.15, 0.2) is 24.3 Å². The lowest BCUT2D eigenvalue weighted by atomic mass is 10.1. The highest BCUT2D eigenvalue weighted by Crippen LogP contribution is 2.17. The van der Waals surface area contributed by atoms with Crippen molar-refractivity contribution in [3.05, 3.63) is 29.8 Å². The third kappa shape index (κ3) is 3.56. The molecular weight excluding hydrogens is 216 g/mol. The number of carbonyl (C=O) groups is 1. The first kappa shape index (κ1) is 12.1. The largest absolute Gasteiger partial charge is 0.491 e. The molecule has 0 aromatic heterocycles. The molecule has 92 valence electrons. The summed E-state index contributed by atoms with van der Waals surface area (Å²) < 4.78 is 11.2. The van der Waals surface area contributed by atoms with Gasteiger partial charge in [-0.3, -0.25) is 4.79 Å². The van der Waals surface area contributed by atoms with Gasteiger partial charge in [0.15, 0.2) is 5.78 Å². The quantitative estimate of drug-likeness (QED) is 0.751. The average Bonchev–Trinajstić information content (AvgIpc) is 2.38. The van der Waals surface area contributed by atoms with E-state index >= 15 is 0 Å².